The lowest BCUT2D eigenvalue weighted by atomic mass is 10.1. The molecule has 0 saturated heterocycles. The quantitative estimate of drug-likeness (QED) is 0.541. The molecule has 2 N–H and O–H groups in total. The number of aromatic nitrogens is 4. The van der Waals surface area contributed by atoms with E-state index in [1.165, 1.54) is 5.56 Å². The van der Waals surface area contributed by atoms with Gasteiger partial charge in [-0.2, -0.15) is 15.2 Å². The highest BCUT2D eigenvalue weighted by Crippen LogP contribution is 2.32. The highest BCUT2D eigenvalue weighted by atomic mass is 16.5. The van der Waals surface area contributed by atoms with Gasteiger partial charge < -0.3 is 15.0 Å². The minimum Gasteiger partial charge on any atom is -0.436 e. The average molecular weight is 370 g/mol. The molecule has 4 aromatic rings. The van der Waals surface area contributed by atoms with Gasteiger partial charge in [0.25, 0.3) is 5.88 Å². The number of hydrogen-bond donors (Lipinski definition) is 2. The summed E-state index contributed by atoms with van der Waals surface area (Å²) in [5, 5.41) is 12.1. The van der Waals surface area contributed by atoms with Gasteiger partial charge in [0.05, 0.1) is 18.0 Å². The van der Waals surface area contributed by atoms with E-state index in [9.17, 15) is 0 Å². The molecule has 7 nitrogen and oxygen atoms in total. The molecule has 2 aromatic heterocycles. The maximum absolute atomic E-state index is 8.93. The lowest BCUT2D eigenvalue weighted by molar-refractivity contribution is 0.461. The van der Waals surface area contributed by atoms with Gasteiger partial charge in [-0.25, -0.2) is 4.98 Å². The van der Waals surface area contributed by atoms with Crippen molar-refractivity contribution in [2.75, 3.05) is 5.32 Å². The molecule has 138 valence electrons. The van der Waals surface area contributed by atoms with Gasteiger partial charge in [-0.3, -0.25) is 0 Å². The van der Waals surface area contributed by atoms with Gasteiger partial charge in [-0.1, -0.05) is 17.7 Å². The van der Waals surface area contributed by atoms with E-state index in [4.69, 9.17) is 10.00 Å². The minimum absolute atomic E-state index is 0.363. The van der Waals surface area contributed by atoms with Crippen molar-refractivity contribution in [1.29, 1.82) is 5.26 Å². The molecule has 0 aliphatic carbocycles. The number of nitrogens with zero attached hydrogens (tertiary/aromatic N) is 4. The highest BCUT2D eigenvalue weighted by molar-refractivity contribution is 5.78. The summed E-state index contributed by atoms with van der Waals surface area (Å²) >= 11 is 0. The van der Waals surface area contributed by atoms with Crippen LogP contribution in [0.5, 0.6) is 11.6 Å². The Labute approximate surface area is 162 Å². The van der Waals surface area contributed by atoms with Crippen LogP contribution in [0.25, 0.3) is 11.2 Å². The van der Waals surface area contributed by atoms with Crippen molar-refractivity contribution in [3.8, 4) is 17.7 Å². The molecule has 0 atom stereocenters. The molecule has 0 unspecified atom stereocenters. The Morgan fingerprint density at radius 1 is 1.04 bits per heavy atom. The van der Waals surface area contributed by atoms with Crippen molar-refractivity contribution in [3.63, 3.8) is 0 Å². The number of hydrogen-bond acceptors (Lipinski definition) is 6. The van der Waals surface area contributed by atoms with Crippen LogP contribution in [-0.4, -0.2) is 19.9 Å². The molecule has 7 heteroatoms. The Morgan fingerprint density at radius 3 is 2.43 bits per heavy atom. The molecular weight excluding hydrogens is 352 g/mol. The second-order valence-corrected chi connectivity index (χ2v) is 6.60. The third kappa shape index (κ3) is 3.35. The fourth-order valence-corrected chi connectivity index (χ4v) is 3.12. The van der Waals surface area contributed by atoms with Crippen LogP contribution in [-0.2, 0) is 0 Å². The summed E-state index contributed by atoms with van der Waals surface area (Å²) in [5.74, 6) is 1.53. The molecular formula is C21H18N6O. The van der Waals surface area contributed by atoms with Gasteiger partial charge >= 0.3 is 0 Å². The lowest BCUT2D eigenvalue weighted by Gasteiger charge is -2.13. The number of aromatic amines is 1. The molecule has 0 fully saturated rings. The summed E-state index contributed by atoms with van der Waals surface area (Å²) in [7, 11) is 0. The predicted molar refractivity (Wildman–Crippen MR) is 107 cm³/mol. The normalized spacial score (nSPS) is 10.6. The van der Waals surface area contributed by atoms with Crippen LogP contribution in [0, 0.1) is 32.1 Å². The summed E-state index contributed by atoms with van der Waals surface area (Å²) in [6, 6.07) is 13.3. The van der Waals surface area contributed by atoms with Gasteiger partial charge in [0.15, 0.2) is 5.65 Å². The molecule has 0 saturated carbocycles. The summed E-state index contributed by atoms with van der Waals surface area (Å²) in [6.07, 6.45) is 1.56. The molecule has 0 amide bonds. The summed E-state index contributed by atoms with van der Waals surface area (Å²) < 4.78 is 6.18. The maximum atomic E-state index is 8.93. The van der Waals surface area contributed by atoms with E-state index in [-0.39, 0.29) is 0 Å². The van der Waals surface area contributed by atoms with E-state index in [1.54, 1.807) is 30.6 Å². The van der Waals surface area contributed by atoms with Crippen molar-refractivity contribution in [3.05, 3.63) is 65.0 Å². The fourth-order valence-electron chi connectivity index (χ4n) is 3.12. The van der Waals surface area contributed by atoms with Crippen LogP contribution >= 0.6 is 0 Å². The predicted octanol–water partition coefficient (Wildman–Crippen LogP) is 4.69. The van der Waals surface area contributed by atoms with Crippen LogP contribution < -0.4 is 10.1 Å². The number of fused-ring (bicyclic) bond motifs is 1. The SMILES string of the molecule is Cc1cc(C)c(Oc2nc(Nc3ccc(C#N)cc3)nc3nc[nH]c23)c(C)c1. The molecule has 0 radical (unpaired) electrons. The Kier molecular flexibility index (Phi) is 4.38. The van der Waals surface area contributed by atoms with Crippen LogP contribution in [0.1, 0.15) is 22.3 Å². The summed E-state index contributed by atoms with van der Waals surface area (Å²) in [6.45, 7) is 6.08. The van der Waals surface area contributed by atoms with Gasteiger partial charge in [0, 0.05) is 5.69 Å². The largest absolute Gasteiger partial charge is 0.436 e. The average Bonchev–Trinajstić information content (AvgIpc) is 3.14. The molecule has 4 rings (SSSR count). The molecule has 0 aliphatic rings. The second kappa shape index (κ2) is 7.00. The molecule has 0 bridgehead atoms. The van der Waals surface area contributed by atoms with Gasteiger partial charge in [0.2, 0.25) is 5.95 Å². The summed E-state index contributed by atoms with van der Waals surface area (Å²) in [5.41, 5.74) is 5.73. The van der Waals surface area contributed by atoms with Crippen LogP contribution in [0.15, 0.2) is 42.7 Å². The zero-order valence-electron chi connectivity index (χ0n) is 15.7. The lowest BCUT2D eigenvalue weighted by Crippen LogP contribution is -2.01. The number of benzene rings is 2. The monoisotopic (exact) mass is 370 g/mol. The first-order chi connectivity index (χ1) is 13.5. The van der Waals surface area contributed by atoms with Crippen LogP contribution in [0.2, 0.25) is 0 Å². The third-order valence-electron chi connectivity index (χ3n) is 4.33. The standard InChI is InChI=1S/C21H18N6O/c1-12-8-13(2)18(14(3)9-12)28-20-17-19(24-11-23-17)26-21(27-20)25-16-6-4-15(10-22)5-7-16/h4-9,11H,1-3H3,(H2,23,24,25,26,27). The maximum Gasteiger partial charge on any atom is 0.250 e. The van der Waals surface area contributed by atoms with Crippen molar-refractivity contribution in [2.24, 2.45) is 0 Å². The molecule has 0 aliphatic heterocycles. The number of ether oxygens (including phenoxy) is 1. The topological polar surface area (TPSA) is 99.5 Å². The van der Waals surface area contributed by atoms with Crippen LogP contribution in [0.4, 0.5) is 11.6 Å². The van der Waals surface area contributed by atoms with Crippen molar-refractivity contribution < 1.29 is 4.74 Å². The van der Waals surface area contributed by atoms with Gasteiger partial charge in [-0.05, 0) is 56.2 Å². The minimum atomic E-state index is 0.363. The Bertz CT molecular complexity index is 1180. The van der Waals surface area contributed by atoms with Crippen molar-refractivity contribution >= 4 is 22.8 Å². The van der Waals surface area contributed by atoms with E-state index >= 15 is 0 Å². The van der Waals surface area contributed by atoms with E-state index in [0.29, 0.717) is 28.6 Å². The number of rotatable bonds is 4. The smallest absolute Gasteiger partial charge is 0.250 e. The number of nitriles is 1. The first kappa shape index (κ1) is 17.5. The van der Waals surface area contributed by atoms with E-state index in [2.05, 4.69) is 50.4 Å². The van der Waals surface area contributed by atoms with Crippen molar-refractivity contribution in [2.45, 2.75) is 20.8 Å². The molecule has 28 heavy (non-hydrogen) atoms. The van der Waals surface area contributed by atoms with E-state index < -0.39 is 0 Å². The Morgan fingerprint density at radius 2 is 1.75 bits per heavy atom. The Hall–Kier alpha value is -3.92. The number of anilines is 2. The summed E-state index contributed by atoms with van der Waals surface area (Å²) in [4.78, 5) is 16.2. The number of aryl methyl sites for hydroxylation is 3. The highest BCUT2D eigenvalue weighted by Gasteiger charge is 2.15. The number of nitrogens with one attached hydrogen (secondary N) is 2. The fraction of sp³-hybridized carbons (Fsp3) is 0.143. The molecule has 2 heterocycles. The van der Waals surface area contributed by atoms with Crippen molar-refractivity contribution in [1.82, 2.24) is 19.9 Å². The first-order valence-corrected chi connectivity index (χ1v) is 8.77. The molecule has 2 aromatic carbocycles. The number of H-pyrrole nitrogens is 1. The zero-order chi connectivity index (χ0) is 19.7. The second-order valence-electron chi connectivity index (χ2n) is 6.60. The Balaban J connectivity index is 1.72. The van der Waals surface area contributed by atoms with Gasteiger partial charge in [0.1, 0.15) is 11.3 Å². The first-order valence-electron chi connectivity index (χ1n) is 8.77. The molecule has 0 spiro atoms. The zero-order valence-corrected chi connectivity index (χ0v) is 15.7. The van der Waals surface area contributed by atoms with E-state index in [0.717, 1.165) is 22.6 Å². The number of imidazole rings is 1. The van der Waals surface area contributed by atoms with Gasteiger partial charge in [-0.15, -0.1) is 0 Å². The van der Waals surface area contributed by atoms with Crippen LogP contribution in [0.3, 0.4) is 0 Å². The third-order valence-corrected chi connectivity index (χ3v) is 4.33. The van der Waals surface area contributed by atoms with E-state index in [1.807, 2.05) is 13.8 Å².